The normalized spacial score (nSPS) is 19.7. The quantitative estimate of drug-likeness (QED) is 0.639. The van der Waals surface area contributed by atoms with Crippen LogP contribution in [0.4, 0.5) is 11.5 Å². The summed E-state index contributed by atoms with van der Waals surface area (Å²) in [5.41, 5.74) is -0.0659. The van der Waals surface area contributed by atoms with Crippen LogP contribution in [-0.2, 0) is 4.79 Å². The first-order valence-electron chi connectivity index (χ1n) is 5.68. The molecule has 1 aliphatic heterocycles. The molecule has 1 N–H and O–H groups in total. The van der Waals surface area contributed by atoms with Crippen LogP contribution >= 0.6 is 0 Å². The summed E-state index contributed by atoms with van der Waals surface area (Å²) < 4.78 is 0. The van der Waals surface area contributed by atoms with Crippen molar-refractivity contribution in [3.05, 3.63) is 28.4 Å². The Labute approximate surface area is 104 Å². The van der Waals surface area contributed by atoms with Crippen LogP contribution in [0, 0.1) is 10.1 Å². The number of hydrogen-bond acceptors (Lipinski definition) is 5. The van der Waals surface area contributed by atoms with Gasteiger partial charge in [0.1, 0.15) is 0 Å². The number of hydrogen-bond donors (Lipinski definition) is 1. The third kappa shape index (κ3) is 2.55. The van der Waals surface area contributed by atoms with E-state index in [2.05, 4.69) is 10.3 Å². The summed E-state index contributed by atoms with van der Waals surface area (Å²) >= 11 is 0. The van der Waals surface area contributed by atoms with E-state index >= 15 is 0 Å². The Morgan fingerprint density at radius 2 is 2.39 bits per heavy atom. The number of likely N-dealkylation sites (tertiary alicyclic amines) is 1. The van der Waals surface area contributed by atoms with Gasteiger partial charge in [0.05, 0.1) is 4.92 Å². The number of nitrogens with one attached hydrogen (secondary N) is 1. The molecule has 0 unspecified atom stereocenters. The van der Waals surface area contributed by atoms with Gasteiger partial charge in [0.25, 0.3) is 0 Å². The predicted octanol–water partition coefficient (Wildman–Crippen LogP) is 1.02. The zero-order valence-corrected chi connectivity index (χ0v) is 10.00. The maximum absolute atomic E-state index is 11.5. The molecule has 1 fully saturated rings. The summed E-state index contributed by atoms with van der Waals surface area (Å²) in [6.07, 6.45) is 2.59. The van der Waals surface area contributed by atoms with E-state index in [0.29, 0.717) is 13.0 Å². The van der Waals surface area contributed by atoms with Crippen molar-refractivity contribution < 1.29 is 9.72 Å². The minimum Gasteiger partial charge on any atom is -0.361 e. The minimum atomic E-state index is -0.480. The Morgan fingerprint density at radius 3 is 3.06 bits per heavy atom. The van der Waals surface area contributed by atoms with Gasteiger partial charge in [0, 0.05) is 38.3 Å². The number of carbonyl (C=O) groups excluding carboxylic acids is 1. The maximum Gasteiger partial charge on any atom is 0.311 e. The summed E-state index contributed by atoms with van der Waals surface area (Å²) in [7, 11) is 1.75. The van der Waals surface area contributed by atoms with Crippen LogP contribution in [0.5, 0.6) is 0 Å². The van der Waals surface area contributed by atoms with Gasteiger partial charge in [-0.1, -0.05) is 0 Å². The minimum absolute atomic E-state index is 0.0392. The van der Waals surface area contributed by atoms with Gasteiger partial charge in [-0.15, -0.1) is 0 Å². The number of anilines is 1. The number of nitro groups is 1. The Balaban J connectivity index is 2.10. The van der Waals surface area contributed by atoms with Gasteiger partial charge in [-0.25, -0.2) is 4.98 Å². The van der Waals surface area contributed by atoms with Crippen LogP contribution in [0.3, 0.4) is 0 Å². The monoisotopic (exact) mass is 250 g/mol. The van der Waals surface area contributed by atoms with E-state index in [-0.39, 0.29) is 23.5 Å². The number of pyridine rings is 1. The standard InChI is InChI=1S/C11H14N4O3/c1-14-6-4-8(7-10(14)16)13-11-9(15(17)18)3-2-5-12-11/h2-3,5,8H,4,6-7H2,1H3,(H,12,13)/t8-/m0/s1. The highest BCUT2D eigenvalue weighted by Crippen LogP contribution is 2.23. The number of amides is 1. The van der Waals surface area contributed by atoms with E-state index in [9.17, 15) is 14.9 Å². The Hall–Kier alpha value is -2.18. The largest absolute Gasteiger partial charge is 0.361 e. The van der Waals surface area contributed by atoms with E-state index < -0.39 is 4.92 Å². The fraction of sp³-hybridized carbons (Fsp3) is 0.455. The summed E-state index contributed by atoms with van der Waals surface area (Å²) in [5.74, 6) is 0.266. The molecule has 0 aliphatic carbocycles. The van der Waals surface area contributed by atoms with Crippen molar-refractivity contribution in [3.8, 4) is 0 Å². The Bertz CT molecular complexity index is 477. The molecule has 0 aromatic carbocycles. The fourth-order valence-corrected chi connectivity index (χ4v) is 1.91. The maximum atomic E-state index is 11.5. The first-order chi connectivity index (χ1) is 8.58. The lowest BCUT2D eigenvalue weighted by molar-refractivity contribution is -0.384. The van der Waals surface area contributed by atoms with Crippen LogP contribution in [0.2, 0.25) is 0 Å². The summed E-state index contributed by atoms with van der Waals surface area (Å²) in [6, 6.07) is 2.82. The zero-order valence-electron chi connectivity index (χ0n) is 10.00. The van der Waals surface area contributed by atoms with Gasteiger partial charge in [-0.2, -0.15) is 0 Å². The number of carbonyl (C=O) groups is 1. The molecule has 0 bridgehead atoms. The lowest BCUT2D eigenvalue weighted by Crippen LogP contribution is -2.41. The number of rotatable bonds is 3. The lowest BCUT2D eigenvalue weighted by Gasteiger charge is -2.29. The first-order valence-corrected chi connectivity index (χ1v) is 5.68. The van der Waals surface area contributed by atoms with Crippen molar-refractivity contribution in [3.63, 3.8) is 0 Å². The van der Waals surface area contributed by atoms with E-state index in [1.807, 2.05) is 0 Å². The molecular weight excluding hydrogens is 236 g/mol. The number of aromatic nitrogens is 1. The molecule has 96 valence electrons. The van der Waals surface area contributed by atoms with Gasteiger partial charge in [0.2, 0.25) is 11.7 Å². The van der Waals surface area contributed by atoms with E-state index in [4.69, 9.17) is 0 Å². The fourth-order valence-electron chi connectivity index (χ4n) is 1.91. The average Bonchev–Trinajstić information content (AvgIpc) is 2.34. The molecule has 2 rings (SSSR count). The highest BCUT2D eigenvalue weighted by Gasteiger charge is 2.25. The van der Waals surface area contributed by atoms with Crippen LogP contribution in [0.25, 0.3) is 0 Å². The van der Waals surface area contributed by atoms with Gasteiger partial charge in [0.15, 0.2) is 0 Å². The van der Waals surface area contributed by atoms with Crippen molar-refractivity contribution in [1.82, 2.24) is 9.88 Å². The van der Waals surface area contributed by atoms with Gasteiger partial charge >= 0.3 is 5.69 Å². The van der Waals surface area contributed by atoms with Crippen molar-refractivity contribution >= 4 is 17.4 Å². The zero-order chi connectivity index (χ0) is 13.1. The highest BCUT2D eigenvalue weighted by molar-refractivity contribution is 5.78. The van der Waals surface area contributed by atoms with Crippen molar-refractivity contribution in [2.24, 2.45) is 0 Å². The SMILES string of the molecule is CN1CC[C@H](Nc2ncccc2[N+](=O)[O-])CC1=O. The molecule has 7 heteroatoms. The molecule has 18 heavy (non-hydrogen) atoms. The van der Waals surface area contributed by atoms with Crippen molar-refractivity contribution in [2.75, 3.05) is 18.9 Å². The number of nitrogens with zero attached hydrogens (tertiary/aromatic N) is 3. The summed E-state index contributed by atoms with van der Waals surface area (Å²) in [6.45, 7) is 0.650. The molecule has 7 nitrogen and oxygen atoms in total. The lowest BCUT2D eigenvalue weighted by atomic mass is 10.0. The first kappa shape index (κ1) is 12.3. The van der Waals surface area contributed by atoms with Crippen LogP contribution in [0.15, 0.2) is 18.3 Å². The molecule has 0 radical (unpaired) electrons. The summed E-state index contributed by atoms with van der Waals surface area (Å²) in [5, 5.41) is 13.8. The van der Waals surface area contributed by atoms with Crippen LogP contribution in [-0.4, -0.2) is 40.3 Å². The van der Waals surface area contributed by atoms with Gasteiger partial charge < -0.3 is 10.2 Å². The molecule has 1 atom stereocenters. The molecule has 1 aliphatic rings. The second-order valence-corrected chi connectivity index (χ2v) is 4.28. The molecular formula is C11H14N4O3. The second kappa shape index (κ2) is 4.99. The average molecular weight is 250 g/mol. The molecule has 1 aromatic rings. The second-order valence-electron chi connectivity index (χ2n) is 4.28. The van der Waals surface area contributed by atoms with Crippen molar-refractivity contribution in [1.29, 1.82) is 0 Å². The predicted molar refractivity (Wildman–Crippen MR) is 65.2 cm³/mol. The van der Waals surface area contributed by atoms with E-state index in [1.165, 1.54) is 18.3 Å². The summed E-state index contributed by atoms with van der Waals surface area (Å²) in [4.78, 5) is 27.5. The molecule has 1 amide bonds. The van der Waals surface area contributed by atoms with E-state index in [1.54, 1.807) is 11.9 Å². The van der Waals surface area contributed by atoms with Gasteiger partial charge in [-0.05, 0) is 12.5 Å². The van der Waals surface area contributed by atoms with Crippen LogP contribution in [0.1, 0.15) is 12.8 Å². The molecule has 1 saturated heterocycles. The molecule has 2 heterocycles. The van der Waals surface area contributed by atoms with Gasteiger partial charge in [-0.3, -0.25) is 14.9 Å². The third-order valence-corrected chi connectivity index (χ3v) is 2.98. The highest BCUT2D eigenvalue weighted by atomic mass is 16.6. The Morgan fingerprint density at radius 1 is 1.61 bits per heavy atom. The number of piperidine rings is 1. The van der Waals surface area contributed by atoms with Crippen molar-refractivity contribution in [2.45, 2.75) is 18.9 Å². The smallest absolute Gasteiger partial charge is 0.311 e. The van der Waals surface area contributed by atoms with E-state index in [0.717, 1.165) is 6.42 Å². The Kier molecular flexibility index (Phi) is 3.40. The third-order valence-electron chi connectivity index (χ3n) is 2.98. The molecule has 0 spiro atoms. The topological polar surface area (TPSA) is 88.4 Å². The molecule has 1 aromatic heterocycles. The van der Waals surface area contributed by atoms with Crippen LogP contribution < -0.4 is 5.32 Å². The molecule has 0 saturated carbocycles.